The van der Waals surface area contributed by atoms with Gasteiger partial charge in [0.1, 0.15) is 17.4 Å². The van der Waals surface area contributed by atoms with Gasteiger partial charge in [0.05, 0.1) is 7.11 Å². The quantitative estimate of drug-likeness (QED) is 0.680. The van der Waals surface area contributed by atoms with Gasteiger partial charge in [-0.15, -0.1) is 0 Å². The number of carbonyl (C=O) groups excluding carboxylic acids is 3. The van der Waals surface area contributed by atoms with Crippen LogP contribution in [0.4, 0.5) is 4.79 Å². The molecule has 1 amide bonds. The summed E-state index contributed by atoms with van der Waals surface area (Å²) in [5.41, 5.74) is -0.708. The number of hydrogen-bond acceptors (Lipinski definition) is 6. The van der Waals surface area contributed by atoms with Gasteiger partial charge in [-0.25, -0.2) is 9.59 Å². The predicted molar refractivity (Wildman–Crippen MR) is 66.5 cm³/mol. The molecule has 0 rings (SSSR count). The first-order chi connectivity index (χ1) is 8.69. The highest BCUT2D eigenvalue weighted by atomic mass is 16.6. The largest absolute Gasteiger partial charge is 0.467 e. The Kier molecular flexibility index (Phi) is 7.06. The van der Waals surface area contributed by atoms with Crippen LogP contribution in [0.25, 0.3) is 0 Å². The van der Waals surface area contributed by atoms with E-state index in [2.05, 4.69) is 10.1 Å². The lowest BCUT2D eigenvalue weighted by Gasteiger charge is -2.22. The van der Waals surface area contributed by atoms with Crippen molar-refractivity contribution in [1.82, 2.24) is 5.32 Å². The van der Waals surface area contributed by atoms with Gasteiger partial charge in [-0.05, 0) is 20.8 Å². The van der Waals surface area contributed by atoms with Gasteiger partial charge in [0.25, 0.3) is 0 Å². The normalized spacial score (nSPS) is 12.5. The van der Waals surface area contributed by atoms with Gasteiger partial charge >= 0.3 is 12.1 Å². The fourth-order valence-corrected chi connectivity index (χ4v) is 1.24. The van der Waals surface area contributed by atoms with Gasteiger partial charge in [-0.3, -0.25) is 4.79 Å². The molecule has 0 bridgehead atoms. The van der Waals surface area contributed by atoms with Crippen molar-refractivity contribution in [2.75, 3.05) is 13.7 Å². The van der Waals surface area contributed by atoms with Crippen LogP contribution in [0.15, 0.2) is 0 Å². The van der Waals surface area contributed by atoms with E-state index in [-0.39, 0.29) is 25.2 Å². The van der Waals surface area contributed by atoms with E-state index in [0.29, 0.717) is 0 Å². The number of ketones is 1. The Morgan fingerprint density at radius 2 is 1.84 bits per heavy atom. The van der Waals surface area contributed by atoms with Gasteiger partial charge in [0.2, 0.25) is 0 Å². The molecule has 7 heteroatoms. The van der Waals surface area contributed by atoms with Crippen LogP contribution >= 0.6 is 0 Å². The van der Waals surface area contributed by atoms with Crippen LogP contribution in [0.2, 0.25) is 0 Å². The number of carbonyl (C=O) groups is 3. The Labute approximate surface area is 112 Å². The van der Waals surface area contributed by atoms with Crippen molar-refractivity contribution in [1.29, 1.82) is 0 Å². The number of rotatable bonds is 6. The highest BCUT2D eigenvalue weighted by Crippen LogP contribution is 2.08. The first kappa shape index (κ1) is 17.4. The van der Waals surface area contributed by atoms with E-state index in [4.69, 9.17) is 9.84 Å². The molecule has 0 aliphatic carbocycles. The molecule has 0 aliphatic heterocycles. The molecule has 0 spiro atoms. The molecule has 0 radical (unpaired) electrons. The smallest absolute Gasteiger partial charge is 0.408 e. The van der Waals surface area contributed by atoms with Crippen molar-refractivity contribution in [2.24, 2.45) is 0 Å². The molecular formula is C12H21NO6. The van der Waals surface area contributed by atoms with E-state index in [9.17, 15) is 14.4 Å². The third-order valence-corrected chi connectivity index (χ3v) is 2.00. The molecule has 7 nitrogen and oxygen atoms in total. The Balaban J connectivity index is 4.56. The van der Waals surface area contributed by atoms with Crippen molar-refractivity contribution in [3.63, 3.8) is 0 Å². The number of alkyl carbamates (subject to hydrolysis) is 1. The van der Waals surface area contributed by atoms with Crippen LogP contribution in [-0.4, -0.2) is 48.3 Å². The van der Waals surface area contributed by atoms with Crippen LogP contribution in [0.5, 0.6) is 0 Å². The maximum absolute atomic E-state index is 11.5. The second kappa shape index (κ2) is 7.73. The molecule has 2 N–H and O–H groups in total. The van der Waals surface area contributed by atoms with Crippen molar-refractivity contribution < 1.29 is 29.0 Å². The van der Waals surface area contributed by atoms with Crippen LogP contribution in [0.1, 0.15) is 33.6 Å². The van der Waals surface area contributed by atoms with Crippen LogP contribution in [-0.2, 0) is 19.1 Å². The van der Waals surface area contributed by atoms with Crippen molar-refractivity contribution >= 4 is 17.8 Å². The molecule has 0 saturated heterocycles. The summed E-state index contributed by atoms with van der Waals surface area (Å²) in [5, 5.41) is 10.9. The molecule has 0 aromatic carbocycles. The van der Waals surface area contributed by atoms with Crippen molar-refractivity contribution in [3.05, 3.63) is 0 Å². The average molecular weight is 275 g/mol. The van der Waals surface area contributed by atoms with Crippen molar-refractivity contribution in [2.45, 2.75) is 45.3 Å². The minimum absolute atomic E-state index is 0.0799. The zero-order chi connectivity index (χ0) is 15.1. The van der Waals surface area contributed by atoms with Crippen LogP contribution < -0.4 is 5.32 Å². The second-order valence-corrected chi connectivity index (χ2v) is 4.94. The summed E-state index contributed by atoms with van der Waals surface area (Å²) in [6.07, 6.45) is -1.13. The van der Waals surface area contributed by atoms with Crippen LogP contribution in [0, 0.1) is 0 Å². The SMILES string of the molecule is COC(=O)[C@H](CC(=O)CCO)NC(=O)OC(C)(C)C. The summed E-state index contributed by atoms with van der Waals surface area (Å²) in [6.45, 7) is 4.73. The number of esters is 1. The number of aliphatic hydroxyl groups excluding tert-OH is 1. The monoisotopic (exact) mass is 275 g/mol. The molecule has 0 saturated carbocycles. The molecular weight excluding hydrogens is 254 g/mol. The Morgan fingerprint density at radius 3 is 2.26 bits per heavy atom. The van der Waals surface area contributed by atoms with E-state index < -0.39 is 23.7 Å². The molecule has 0 aromatic heterocycles. The molecule has 0 heterocycles. The van der Waals surface area contributed by atoms with E-state index in [1.165, 1.54) is 0 Å². The fourth-order valence-electron chi connectivity index (χ4n) is 1.24. The molecule has 0 aliphatic rings. The lowest BCUT2D eigenvalue weighted by molar-refractivity contribution is -0.144. The lowest BCUT2D eigenvalue weighted by atomic mass is 10.1. The van der Waals surface area contributed by atoms with Gasteiger partial charge in [-0.2, -0.15) is 0 Å². The summed E-state index contributed by atoms with van der Waals surface area (Å²) >= 11 is 0. The minimum Gasteiger partial charge on any atom is -0.467 e. The van der Waals surface area contributed by atoms with E-state index >= 15 is 0 Å². The number of hydrogen-bond donors (Lipinski definition) is 2. The molecule has 1 atom stereocenters. The number of amides is 1. The topological polar surface area (TPSA) is 102 Å². The highest BCUT2D eigenvalue weighted by molar-refractivity contribution is 5.88. The zero-order valence-electron chi connectivity index (χ0n) is 11.7. The first-order valence-corrected chi connectivity index (χ1v) is 5.89. The predicted octanol–water partition coefficient (Wildman–Crippen LogP) is 0.394. The maximum Gasteiger partial charge on any atom is 0.408 e. The number of nitrogens with one attached hydrogen (secondary N) is 1. The number of aliphatic hydroxyl groups is 1. The Hall–Kier alpha value is -1.63. The van der Waals surface area contributed by atoms with Gasteiger partial charge in [-0.1, -0.05) is 0 Å². The van der Waals surface area contributed by atoms with E-state index in [0.717, 1.165) is 7.11 Å². The second-order valence-electron chi connectivity index (χ2n) is 4.94. The van der Waals surface area contributed by atoms with Crippen molar-refractivity contribution in [3.8, 4) is 0 Å². The lowest BCUT2D eigenvalue weighted by Crippen LogP contribution is -2.45. The van der Waals surface area contributed by atoms with Gasteiger partial charge < -0.3 is 19.9 Å². The maximum atomic E-state index is 11.5. The standard InChI is InChI=1S/C12H21NO6/c1-12(2,3)19-11(17)13-9(10(16)18-4)7-8(15)5-6-14/h9,14H,5-7H2,1-4H3,(H,13,17)/t9-/m0/s1. The molecule has 19 heavy (non-hydrogen) atoms. The third kappa shape index (κ3) is 8.15. The zero-order valence-corrected chi connectivity index (χ0v) is 11.7. The number of methoxy groups -OCH3 is 1. The molecule has 0 fully saturated rings. The minimum atomic E-state index is -1.11. The molecule has 110 valence electrons. The highest BCUT2D eigenvalue weighted by Gasteiger charge is 2.26. The fraction of sp³-hybridized carbons (Fsp3) is 0.750. The van der Waals surface area contributed by atoms with Gasteiger partial charge in [0.15, 0.2) is 0 Å². The third-order valence-electron chi connectivity index (χ3n) is 2.00. The summed E-state index contributed by atoms with van der Waals surface area (Å²) in [6, 6.07) is -1.11. The summed E-state index contributed by atoms with van der Waals surface area (Å²) in [4.78, 5) is 34.4. The molecule has 0 unspecified atom stereocenters. The van der Waals surface area contributed by atoms with E-state index in [1.807, 2.05) is 0 Å². The Morgan fingerprint density at radius 1 is 1.26 bits per heavy atom. The Bertz CT molecular complexity index is 334. The summed E-state index contributed by atoms with van der Waals surface area (Å²) in [7, 11) is 1.16. The first-order valence-electron chi connectivity index (χ1n) is 5.89. The van der Waals surface area contributed by atoms with Crippen LogP contribution in [0.3, 0.4) is 0 Å². The van der Waals surface area contributed by atoms with E-state index in [1.54, 1.807) is 20.8 Å². The number of ether oxygens (including phenoxy) is 2. The number of Topliss-reactive ketones (excluding diaryl/α,β-unsaturated/α-hetero) is 1. The average Bonchev–Trinajstić information content (AvgIpc) is 2.24. The summed E-state index contributed by atoms with van der Waals surface area (Å²) in [5.74, 6) is -1.09. The van der Waals surface area contributed by atoms with Gasteiger partial charge in [0, 0.05) is 19.4 Å². The summed E-state index contributed by atoms with van der Waals surface area (Å²) < 4.78 is 9.48. The molecule has 0 aromatic rings.